The summed E-state index contributed by atoms with van der Waals surface area (Å²) in [5.74, 6) is 0.348. The summed E-state index contributed by atoms with van der Waals surface area (Å²) in [5, 5.41) is 0. The highest BCUT2D eigenvalue weighted by Crippen LogP contribution is 2.22. The lowest BCUT2D eigenvalue weighted by atomic mass is 9.94. The van der Waals surface area contributed by atoms with E-state index in [1.54, 1.807) is 14.0 Å². The third-order valence-corrected chi connectivity index (χ3v) is 2.50. The van der Waals surface area contributed by atoms with Crippen LogP contribution in [-0.4, -0.2) is 36.3 Å². The van der Waals surface area contributed by atoms with Crippen molar-refractivity contribution < 1.29 is 14.3 Å². The van der Waals surface area contributed by atoms with Crippen LogP contribution >= 0.6 is 0 Å². The Bertz CT molecular complexity index is 396. The number of H-pyrrole nitrogens is 1. The van der Waals surface area contributed by atoms with Crippen LogP contribution in [-0.2, 0) is 14.9 Å². The van der Waals surface area contributed by atoms with Gasteiger partial charge >= 0.3 is 5.97 Å². The fourth-order valence-corrected chi connectivity index (χ4v) is 1.61. The molecule has 1 aromatic rings. The molecule has 0 saturated carbocycles. The second kappa shape index (κ2) is 5.31. The van der Waals surface area contributed by atoms with E-state index >= 15 is 0 Å². The van der Waals surface area contributed by atoms with Crippen LogP contribution in [0.3, 0.4) is 0 Å². The first-order chi connectivity index (χ1) is 7.92. The molecule has 0 fully saturated rings. The summed E-state index contributed by atoms with van der Waals surface area (Å²) in [6.45, 7) is 8.47. The van der Waals surface area contributed by atoms with Crippen molar-refractivity contribution in [3.8, 4) is 0 Å². The Labute approximate surface area is 102 Å². The Kier molecular flexibility index (Phi) is 4.28. The van der Waals surface area contributed by atoms with Gasteiger partial charge in [-0.2, -0.15) is 0 Å². The van der Waals surface area contributed by atoms with Crippen molar-refractivity contribution in [1.82, 2.24) is 9.97 Å². The fourth-order valence-electron chi connectivity index (χ4n) is 1.61. The molecule has 0 atom stereocenters. The molecule has 0 aliphatic rings. The van der Waals surface area contributed by atoms with Gasteiger partial charge in [0.25, 0.3) is 0 Å². The molecule has 0 unspecified atom stereocenters. The van der Waals surface area contributed by atoms with Crippen LogP contribution in [0.2, 0.25) is 0 Å². The molecule has 0 aliphatic heterocycles. The molecule has 17 heavy (non-hydrogen) atoms. The van der Waals surface area contributed by atoms with Crippen LogP contribution in [0.5, 0.6) is 0 Å². The summed E-state index contributed by atoms with van der Waals surface area (Å²) in [7, 11) is 1.64. The molecule has 0 amide bonds. The SMILES string of the molecule is CCOC(=O)c1nc(C(C)(C)COC)[nH]c1C. The average molecular weight is 240 g/mol. The molecule has 0 radical (unpaired) electrons. The number of ether oxygens (including phenoxy) is 2. The Morgan fingerprint density at radius 3 is 2.65 bits per heavy atom. The highest BCUT2D eigenvalue weighted by Gasteiger charge is 2.27. The Morgan fingerprint density at radius 2 is 2.12 bits per heavy atom. The number of hydrogen-bond donors (Lipinski definition) is 1. The second-order valence-electron chi connectivity index (χ2n) is 4.60. The summed E-state index contributed by atoms with van der Waals surface area (Å²) < 4.78 is 10.1. The Hall–Kier alpha value is -1.36. The van der Waals surface area contributed by atoms with Crippen LogP contribution in [0, 0.1) is 6.92 Å². The maximum absolute atomic E-state index is 11.6. The number of methoxy groups -OCH3 is 1. The van der Waals surface area contributed by atoms with Crippen LogP contribution in [0.15, 0.2) is 0 Å². The van der Waals surface area contributed by atoms with E-state index in [-0.39, 0.29) is 11.4 Å². The van der Waals surface area contributed by atoms with E-state index < -0.39 is 0 Å². The molecule has 0 aliphatic carbocycles. The predicted molar refractivity (Wildman–Crippen MR) is 64.2 cm³/mol. The number of carbonyl (C=O) groups excluding carboxylic acids is 1. The van der Waals surface area contributed by atoms with Gasteiger partial charge in [0.1, 0.15) is 5.82 Å². The zero-order valence-electron chi connectivity index (χ0n) is 11.1. The molecule has 0 aromatic carbocycles. The van der Waals surface area contributed by atoms with Crippen LogP contribution in [0.1, 0.15) is 42.8 Å². The van der Waals surface area contributed by atoms with E-state index in [0.29, 0.717) is 18.9 Å². The number of nitrogens with zero attached hydrogens (tertiary/aromatic N) is 1. The average Bonchev–Trinajstić information content (AvgIpc) is 2.61. The van der Waals surface area contributed by atoms with Gasteiger partial charge in [-0.1, -0.05) is 13.8 Å². The van der Waals surface area contributed by atoms with Crippen molar-refractivity contribution in [2.24, 2.45) is 0 Å². The number of aromatic amines is 1. The van der Waals surface area contributed by atoms with Crippen molar-refractivity contribution in [2.45, 2.75) is 33.1 Å². The normalized spacial score (nSPS) is 11.6. The van der Waals surface area contributed by atoms with E-state index in [0.717, 1.165) is 11.5 Å². The lowest BCUT2D eigenvalue weighted by Gasteiger charge is -2.20. The Morgan fingerprint density at radius 1 is 1.47 bits per heavy atom. The quantitative estimate of drug-likeness (QED) is 0.797. The summed E-state index contributed by atoms with van der Waals surface area (Å²) in [6, 6.07) is 0. The summed E-state index contributed by atoms with van der Waals surface area (Å²) in [5.41, 5.74) is 0.818. The van der Waals surface area contributed by atoms with Crippen LogP contribution in [0.25, 0.3) is 0 Å². The van der Waals surface area contributed by atoms with E-state index in [4.69, 9.17) is 9.47 Å². The first-order valence-corrected chi connectivity index (χ1v) is 5.65. The van der Waals surface area contributed by atoms with Gasteiger partial charge in [0.05, 0.1) is 13.2 Å². The minimum absolute atomic E-state index is 0.260. The molecule has 1 rings (SSSR count). The van der Waals surface area contributed by atoms with Gasteiger partial charge in [0, 0.05) is 18.2 Å². The first kappa shape index (κ1) is 13.7. The molecule has 96 valence electrons. The molecular formula is C12H20N2O3. The van der Waals surface area contributed by atoms with E-state index in [2.05, 4.69) is 9.97 Å². The molecule has 1 N–H and O–H groups in total. The van der Waals surface area contributed by atoms with Crippen molar-refractivity contribution in [1.29, 1.82) is 0 Å². The highest BCUT2D eigenvalue weighted by molar-refractivity contribution is 5.88. The molecule has 0 bridgehead atoms. The third kappa shape index (κ3) is 3.06. The van der Waals surface area contributed by atoms with Crippen LogP contribution < -0.4 is 0 Å². The van der Waals surface area contributed by atoms with E-state index in [1.165, 1.54) is 0 Å². The summed E-state index contributed by atoms with van der Waals surface area (Å²) in [6.07, 6.45) is 0. The van der Waals surface area contributed by atoms with Gasteiger partial charge in [-0.3, -0.25) is 0 Å². The molecule has 5 heteroatoms. The molecule has 0 spiro atoms. The zero-order chi connectivity index (χ0) is 13.1. The summed E-state index contributed by atoms with van der Waals surface area (Å²) in [4.78, 5) is 19.1. The maximum atomic E-state index is 11.6. The van der Waals surface area contributed by atoms with Gasteiger partial charge < -0.3 is 14.5 Å². The number of imidazole rings is 1. The lowest BCUT2D eigenvalue weighted by Crippen LogP contribution is -2.25. The van der Waals surface area contributed by atoms with Crippen molar-refractivity contribution in [3.63, 3.8) is 0 Å². The van der Waals surface area contributed by atoms with E-state index in [9.17, 15) is 4.79 Å². The van der Waals surface area contributed by atoms with Gasteiger partial charge in [-0.15, -0.1) is 0 Å². The minimum atomic E-state index is -0.388. The third-order valence-electron chi connectivity index (χ3n) is 2.50. The lowest BCUT2D eigenvalue weighted by molar-refractivity contribution is 0.0518. The maximum Gasteiger partial charge on any atom is 0.358 e. The van der Waals surface area contributed by atoms with Crippen LogP contribution in [0.4, 0.5) is 0 Å². The standard InChI is InChI=1S/C12H20N2O3/c1-6-17-10(15)9-8(2)13-11(14-9)12(3,4)7-16-5/h6-7H2,1-5H3,(H,13,14). The van der Waals surface area contributed by atoms with Crippen molar-refractivity contribution >= 4 is 5.97 Å². The number of aryl methyl sites for hydroxylation is 1. The molecule has 0 saturated heterocycles. The van der Waals surface area contributed by atoms with Gasteiger partial charge in [0.15, 0.2) is 5.69 Å². The number of hydrogen-bond acceptors (Lipinski definition) is 4. The molecule has 1 aromatic heterocycles. The predicted octanol–water partition coefficient (Wildman–Crippen LogP) is 1.82. The highest BCUT2D eigenvalue weighted by atomic mass is 16.5. The fraction of sp³-hybridized carbons (Fsp3) is 0.667. The first-order valence-electron chi connectivity index (χ1n) is 5.65. The molecule has 5 nitrogen and oxygen atoms in total. The van der Waals surface area contributed by atoms with E-state index in [1.807, 2.05) is 20.8 Å². The number of rotatable bonds is 5. The van der Waals surface area contributed by atoms with Gasteiger partial charge in [0.2, 0.25) is 0 Å². The zero-order valence-corrected chi connectivity index (χ0v) is 11.1. The largest absolute Gasteiger partial charge is 0.461 e. The number of aromatic nitrogens is 2. The minimum Gasteiger partial charge on any atom is -0.461 e. The van der Waals surface area contributed by atoms with Crippen molar-refractivity contribution in [3.05, 3.63) is 17.2 Å². The topological polar surface area (TPSA) is 64.2 Å². The number of carbonyl (C=O) groups is 1. The smallest absolute Gasteiger partial charge is 0.358 e. The van der Waals surface area contributed by atoms with Gasteiger partial charge in [-0.25, -0.2) is 9.78 Å². The summed E-state index contributed by atoms with van der Waals surface area (Å²) >= 11 is 0. The number of nitrogens with one attached hydrogen (secondary N) is 1. The number of esters is 1. The van der Waals surface area contributed by atoms with Gasteiger partial charge in [-0.05, 0) is 13.8 Å². The molecule has 1 heterocycles. The second-order valence-corrected chi connectivity index (χ2v) is 4.60. The monoisotopic (exact) mass is 240 g/mol. The Balaban J connectivity index is 2.99. The van der Waals surface area contributed by atoms with Crippen molar-refractivity contribution in [2.75, 3.05) is 20.3 Å². The molecular weight excluding hydrogens is 220 g/mol.